The van der Waals surface area contributed by atoms with Crippen molar-refractivity contribution >= 4 is 11.9 Å². The molecule has 1 amide bonds. The van der Waals surface area contributed by atoms with Crippen molar-refractivity contribution in [3.05, 3.63) is 17.0 Å². The van der Waals surface area contributed by atoms with Gasteiger partial charge in [-0.3, -0.25) is 14.7 Å². The lowest BCUT2D eigenvalue weighted by Gasteiger charge is -2.38. The van der Waals surface area contributed by atoms with Gasteiger partial charge in [-0.1, -0.05) is 0 Å². The Hall–Kier alpha value is -2.06. The second-order valence-electron chi connectivity index (χ2n) is 6.35. The zero-order valence-corrected chi connectivity index (χ0v) is 12.9. The smallest absolute Gasteiger partial charge is 0.408 e. The zero-order valence-electron chi connectivity index (χ0n) is 12.9. The van der Waals surface area contributed by atoms with E-state index in [-0.39, 0.29) is 18.7 Å². The number of piperidine rings is 1. The summed E-state index contributed by atoms with van der Waals surface area (Å²) >= 11 is 0. The molecule has 24 heavy (non-hydrogen) atoms. The van der Waals surface area contributed by atoms with Crippen molar-refractivity contribution in [2.75, 3.05) is 6.54 Å². The predicted octanol–water partition coefficient (Wildman–Crippen LogP) is 2.16. The highest BCUT2D eigenvalue weighted by atomic mass is 19.4. The van der Waals surface area contributed by atoms with Gasteiger partial charge in [-0.05, 0) is 38.5 Å². The van der Waals surface area contributed by atoms with Gasteiger partial charge in [0, 0.05) is 17.8 Å². The third-order valence-corrected chi connectivity index (χ3v) is 4.85. The molecule has 2 atom stereocenters. The Morgan fingerprint density at radius 3 is 2.62 bits per heavy atom. The molecule has 0 aromatic carbocycles. The van der Waals surface area contributed by atoms with Crippen LogP contribution >= 0.6 is 0 Å². The van der Waals surface area contributed by atoms with Crippen LogP contribution in [0.1, 0.15) is 47.4 Å². The number of aryl methyl sites for hydroxylation is 1. The van der Waals surface area contributed by atoms with Crippen LogP contribution < -0.4 is 0 Å². The maximum absolute atomic E-state index is 13.4. The standard InChI is InChI=1S/C15H18F3N3O3/c16-15(17,18)11-7-8(14(23)24)5-6-21(11)13(22)12-9-3-1-2-4-10(9)19-20-12/h8,11H,1-7H2,(H,19,20)(H,23,24). The Bertz CT molecular complexity index is 656. The average molecular weight is 345 g/mol. The number of carbonyl (C=O) groups is 2. The lowest BCUT2D eigenvalue weighted by atomic mass is 9.89. The largest absolute Gasteiger partial charge is 0.481 e. The summed E-state index contributed by atoms with van der Waals surface area (Å²) in [7, 11) is 0. The molecule has 2 N–H and O–H groups in total. The van der Waals surface area contributed by atoms with Gasteiger partial charge in [0.25, 0.3) is 5.91 Å². The van der Waals surface area contributed by atoms with E-state index in [0.717, 1.165) is 29.9 Å². The molecule has 0 saturated carbocycles. The number of halogens is 3. The molecule has 1 fully saturated rings. The molecular weight excluding hydrogens is 327 g/mol. The fourth-order valence-electron chi connectivity index (χ4n) is 3.54. The van der Waals surface area contributed by atoms with E-state index in [9.17, 15) is 22.8 Å². The average Bonchev–Trinajstić information content (AvgIpc) is 2.96. The SMILES string of the molecule is O=C(O)C1CCN(C(=O)c2n[nH]c3c2CCCC3)C(C(F)(F)F)C1. The van der Waals surface area contributed by atoms with Gasteiger partial charge in [0.2, 0.25) is 0 Å². The Kier molecular flexibility index (Phi) is 4.27. The summed E-state index contributed by atoms with van der Waals surface area (Å²) in [4.78, 5) is 24.4. The quantitative estimate of drug-likeness (QED) is 0.860. The van der Waals surface area contributed by atoms with Crippen LogP contribution in [0.25, 0.3) is 0 Å². The number of rotatable bonds is 2. The van der Waals surface area contributed by atoms with E-state index in [1.165, 1.54) is 0 Å². The minimum Gasteiger partial charge on any atom is -0.481 e. The first kappa shape index (κ1) is 16.8. The van der Waals surface area contributed by atoms with E-state index in [1.54, 1.807) is 0 Å². The summed E-state index contributed by atoms with van der Waals surface area (Å²) in [6.07, 6.45) is -2.08. The number of hydrogen-bond donors (Lipinski definition) is 2. The molecular formula is C15H18F3N3O3. The molecule has 1 aromatic rings. The third kappa shape index (κ3) is 2.99. The molecule has 1 aliphatic heterocycles. The summed E-state index contributed by atoms with van der Waals surface area (Å²) in [6.45, 7) is -0.235. The molecule has 132 valence electrons. The van der Waals surface area contributed by atoms with Crippen molar-refractivity contribution in [3.63, 3.8) is 0 Å². The van der Waals surface area contributed by atoms with Gasteiger partial charge < -0.3 is 10.0 Å². The van der Waals surface area contributed by atoms with Crippen molar-refractivity contribution in [1.82, 2.24) is 15.1 Å². The van der Waals surface area contributed by atoms with Gasteiger partial charge in [0.15, 0.2) is 5.69 Å². The monoisotopic (exact) mass is 345 g/mol. The van der Waals surface area contributed by atoms with Gasteiger partial charge in [0.1, 0.15) is 6.04 Å². The number of fused-ring (bicyclic) bond motifs is 1. The van der Waals surface area contributed by atoms with Crippen LogP contribution in [0.15, 0.2) is 0 Å². The van der Waals surface area contributed by atoms with Gasteiger partial charge >= 0.3 is 12.1 Å². The Morgan fingerprint density at radius 2 is 1.96 bits per heavy atom. The van der Waals surface area contributed by atoms with Crippen LogP contribution in [0.3, 0.4) is 0 Å². The highest BCUT2D eigenvalue weighted by Gasteiger charge is 2.50. The normalized spacial score (nSPS) is 24.5. The van der Waals surface area contributed by atoms with Crippen LogP contribution in [0.5, 0.6) is 0 Å². The molecule has 1 aromatic heterocycles. The van der Waals surface area contributed by atoms with E-state index in [0.29, 0.717) is 12.0 Å². The maximum Gasteiger partial charge on any atom is 0.408 e. The number of nitrogens with one attached hydrogen (secondary N) is 1. The van der Waals surface area contributed by atoms with Crippen LogP contribution in [-0.4, -0.2) is 50.8 Å². The third-order valence-electron chi connectivity index (χ3n) is 4.85. The van der Waals surface area contributed by atoms with Crippen LogP contribution in [0, 0.1) is 5.92 Å². The van der Waals surface area contributed by atoms with E-state index < -0.39 is 36.4 Å². The van der Waals surface area contributed by atoms with E-state index >= 15 is 0 Å². The second-order valence-corrected chi connectivity index (χ2v) is 6.35. The summed E-state index contributed by atoms with van der Waals surface area (Å²) in [6, 6.07) is -2.09. The molecule has 2 heterocycles. The fourth-order valence-corrected chi connectivity index (χ4v) is 3.54. The van der Waals surface area contributed by atoms with E-state index in [1.807, 2.05) is 0 Å². The number of aromatic nitrogens is 2. The molecule has 0 spiro atoms. The molecule has 2 unspecified atom stereocenters. The number of amides is 1. The number of carboxylic acid groups (broad SMARTS) is 1. The Balaban J connectivity index is 1.87. The first-order valence-electron chi connectivity index (χ1n) is 7.95. The molecule has 0 radical (unpaired) electrons. The number of nitrogens with zero attached hydrogens (tertiary/aromatic N) is 2. The highest BCUT2D eigenvalue weighted by molar-refractivity contribution is 5.94. The molecule has 6 nitrogen and oxygen atoms in total. The zero-order chi connectivity index (χ0) is 17.5. The molecule has 3 rings (SSSR count). The number of hydrogen-bond acceptors (Lipinski definition) is 3. The van der Waals surface area contributed by atoms with Gasteiger partial charge in [0.05, 0.1) is 5.92 Å². The minimum absolute atomic E-state index is 0.0142. The van der Waals surface area contributed by atoms with Crippen LogP contribution in [0.4, 0.5) is 13.2 Å². The highest BCUT2D eigenvalue weighted by Crippen LogP contribution is 2.36. The second kappa shape index (κ2) is 6.10. The number of carbonyl (C=O) groups excluding carboxylic acids is 1. The molecule has 1 aliphatic carbocycles. The number of alkyl halides is 3. The van der Waals surface area contributed by atoms with Gasteiger partial charge in [-0.15, -0.1) is 0 Å². The predicted molar refractivity (Wildman–Crippen MR) is 76.5 cm³/mol. The van der Waals surface area contributed by atoms with Crippen molar-refractivity contribution in [2.24, 2.45) is 5.92 Å². The number of carboxylic acids is 1. The number of H-pyrrole nitrogens is 1. The van der Waals surface area contributed by atoms with E-state index in [4.69, 9.17) is 5.11 Å². The van der Waals surface area contributed by atoms with Crippen molar-refractivity contribution in [3.8, 4) is 0 Å². The minimum atomic E-state index is -4.67. The van der Waals surface area contributed by atoms with Gasteiger partial charge in [-0.25, -0.2) is 0 Å². The molecule has 2 aliphatic rings. The summed E-state index contributed by atoms with van der Waals surface area (Å²) in [5, 5.41) is 15.7. The van der Waals surface area contributed by atoms with Crippen LogP contribution in [0.2, 0.25) is 0 Å². The summed E-state index contributed by atoms with van der Waals surface area (Å²) in [5.74, 6) is -3.11. The lowest BCUT2D eigenvalue weighted by molar-refractivity contribution is -0.190. The summed E-state index contributed by atoms with van der Waals surface area (Å²) < 4.78 is 40.1. The van der Waals surface area contributed by atoms with Crippen molar-refractivity contribution < 1.29 is 27.9 Å². The maximum atomic E-state index is 13.4. The van der Waals surface area contributed by atoms with Crippen LogP contribution in [-0.2, 0) is 17.6 Å². The number of aliphatic carboxylic acids is 1. The number of likely N-dealkylation sites (tertiary alicyclic amines) is 1. The Labute approximate surface area is 136 Å². The van der Waals surface area contributed by atoms with Crippen molar-refractivity contribution in [1.29, 1.82) is 0 Å². The molecule has 1 saturated heterocycles. The summed E-state index contributed by atoms with van der Waals surface area (Å²) in [5.41, 5.74) is 1.56. The Morgan fingerprint density at radius 1 is 1.25 bits per heavy atom. The lowest BCUT2D eigenvalue weighted by Crippen LogP contribution is -2.54. The molecule has 0 bridgehead atoms. The topological polar surface area (TPSA) is 86.3 Å². The number of aromatic amines is 1. The first-order chi connectivity index (χ1) is 11.3. The first-order valence-corrected chi connectivity index (χ1v) is 7.95. The van der Waals surface area contributed by atoms with E-state index in [2.05, 4.69) is 10.2 Å². The molecule has 9 heteroatoms. The van der Waals surface area contributed by atoms with Gasteiger partial charge in [-0.2, -0.15) is 18.3 Å². The fraction of sp³-hybridized carbons (Fsp3) is 0.667. The van der Waals surface area contributed by atoms with Crippen molar-refractivity contribution in [2.45, 2.75) is 50.7 Å².